The van der Waals surface area contributed by atoms with E-state index in [4.69, 9.17) is 14.2 Å². The fourth-order valence-corrected chi connectivity index (χ4v) is 2.85. The summed E-state index contributed by atoms with van der Waals surface area (Å²) in [6.07, 6.45) is 1.35. The van der Waals surface area contributed by atoms with Crippen LogP contribution >= 0.6 is 0 Å². The van der Waals surface area contributed by atoms with Gasteiger partial charge in [0.15, 0.2) is 0 Å². The van der Waals surface area contributed by atoms with E-state index in [9.17, 15) is 13.2 Å². The second-order valence-corrected chi connectivity index (χ2v) is 6.36. The minimum Gasteiger partial charge on any atom is -0.462 e. The highest BCUT2D eigenvalue weighted by Gasteiger charge is 2.16. The second-order valence-electron chi connectivity index (χ2n) is 4.81. The molecule has 0 unspecified atom stereocenters. The molecule has 0 aliphatic rings. The van der Waals surface area contributed by atoms with Gasteiger partial charge in [-0.05, 0) is 42.8 Å². The lowest BCUT2D eigenvalue weighted by Gasteiger charge is -2.07. The Bertz CT molecular complexity index is 910. The predicted molar refractivity (Wildman–Crippen MR) is 90.9 cm³/mol. The summed E-state index contributed by atoms with van der Waals surface area (Å²) >= 11 is 0. The van der Waals surface area contributed by atoms with Crippen molar-refractivity contribution in [2.75, 3.05) is 6.61 Å². The Labute approximate surface area is 146 Å². The summed E-state index contributed by atoms with van der Waals surface area (Å²) in [5.74, 6) is -0.590. The molecule has 0 fully saturated rings. The number of hydrogen-bond donors (Lipinski definition) is 0. The Morgan fingerprint density at radius 1 is 1.12 bits per heavy atom. The Hall–Kier alpha value is -3.11. The van der Waals surface area contributed by atoms with Gasteiger partial charge in [-0.3, -0.25) is 0 Å². The zero-order valence-electron chi connectivity index (χ0n) is 13.4. The van der Waals surface area contributed by atoms with Crippen molar-refractivity contribution < 1.29 is 22.1 Å². The van der Waals surface area contributed by atoms with Crippen molar-refractivity contribution in [1.82, 2.24) is 0 Å². The molecule has 6 nitrogen and oxygen atoms in total. The minimum absolute atomic E-state index is 0.0491. The van der Waals surface area contributed by atoms with Crippen molar-refractivity contribution in [3.05, 3.63) is 65.7 Å². The fourth-order valence-electron chi connectivity index (χ4n) is 1.89. The summed E-state index contributed by atoms with van der Waals surface area (Å²) in [6.45, 7) is 1.81. The van der Waals surface area contributed by atoms with Crippen molar-refractivity contribution in [3.63, 3.8) is 0 Å². The molecule has 0 aliphatic heterocycles. The van der Waals surface area contributed by atoms with Gasteiger partial charge < -0.3 is 8.92 Å². The van der Waals surface area contributed by atoms with Crippen molar-refractivity contribution in [1.29, 1.82) is 5.26 Å². The maximum atomic E-state index is 12.1. The quantitative estimate of drug-likeness (QED) is 0.341. The van der Waals surface area contributed by atoms with Crippen molar-refractivity contribution in [3.8, 4) is 11.8 Å². The molecule has 0 atom stereocenters. The summed E-state index contributed by atoms with van der Waals surface area (Å²) in [7, 11) is -3.92. The first-order valence-electron chi connectivity index (χ1n) is 7.35. The first-order chi connectivity index (χ1) is 12.0. The van der Waals surface area contributed by atoms with Crippen LogP contribution in [0.2, 0.25) is 0 Å². The normalized spacial score (nSPS) is 11.4. The lowest BCUT2D eigenvalue weighted by atomic mass is 10.1. The topological polar surface area (TPSA) is 93.5 Å². The van der Waals surface area contributed by atoms with Gasteiger partial charge in [0, 0.05) is 0 Å². The van der Waals surface area contributed by atoms with Gasteiger partial charge in [-0.15, -0.1) is 0 Å². The number of nitriles is 1. The van der Waals surface area contributed by atoms with Crippen LogP contribution in [0.1, 0.15) is 12.5 Å². The van der Waals surface area contributed by atoms with E-state index in [0.717, 1.165) is 0 Å². The molecular weight excluding hydrogens is 342 g/mol. The third-order valence-electron chi connectivity index (χ3n) is 3.04. The Morgan fingerprint density at radius 2 is 1.76 bits per heavy atom. The SMILES string of the molecule is CCOC(=O)/C(C#N)=C/c1ccc(OS(=O)(=O)c2ccccc2)cc1. The average Bonchev–Trinajstić information content (AvgIpc) is 2.61. The first-order valence-corrected chi connectivity index (χ1v) is 8.75. The predicted octanol–water partition coefficient (Wildman–Crippen LogP) is 2.92. The zero-order chi connectivity index (χ0) is 18.3. The number of hydrogen-bond acceptors (Lipinski definition) is 6. The van der Waals surface area contributed by atoms with E-state index < -0.39 is 16.1 Å². The number of benzene rings is 2. The molecule has 2 aromatic carbocycles. The van der Waals surface area contributed by atoms with Crippen LogP contribution in [-0.4, -0.2) is 21.0 Å². The van der Waals surface area contributed by atoms with Crippen molar-refractivity contribution in [2.24, 2.45) is 0 Å². The number of carbonyl (C=O) groups is 1. The van der Waals surface area contributed by atoms with Crippen LogP contribution in [0.5, 0.6) is 5.75 Å². The Kier molecular flexibility index (Phi) is 5.93. The summed E-state index contributed by atoms with van der Waals surface area (Å²) in [5, 5.41) is 8.99. The van der Waals surface area contributed by atoms with Crippen LogP contribution in [-0.2, 0) is 19.6 Å². The van der Waals surface area contributed by atoms with E-state index in [-0.39, 0.29) is 22.8 Å². The summed E-state index contributed by atoms with van der Waals surface area (Å²) in [5.41, 5.74) is 0.390. The van der Waals surface area contributed by atoms with E-state index in [1.165, 1.54) is 42.5 Å². The highest BCUT2D eigenvalue weighted by molar-refractivity contribution is 7.87. The molecule has 7 heteroatoms. The molecule has 0 bridgehead atoms. The number of nitrogens with zero attached hydrogens (tertiary/aromatic N) is 1. The molecule has 25 heavy (non-hydrogen) atoms. The lowest BCUT2D eigenvalue weighted by Crippen LogP contribution is -2.09. The van der Waals surface area contributed by atoms with Gasteiger partial charge in [-0.25, -0.2) is 4.79 Å². The third-order valence-corrected chi connectivity index (χ3v) is 4.31. The highest BCUT2D eigenvalue weighted by atomic mass is 32.2. The van der Waals surface area contributed by atoms with Gasteiger partial charge >= 0.3 is 16.1 Å². The minimum atomic E-state index is -3.92. The molecule has 128 valence electrons. The summed E-state index contributed by atoms with van der Waals surface area (Å²) in [6, 6.07) is 15.5. The smallest absolute Gasteiger partial charge is 0.348 e. The van der Waals surface area contributed by atoms with Crippen LogP contribution in [0.4, 0.5) is 0 Å². The van der Waals surface area contributed by atoms with Crippen molar-refractivity contribution >= 4 is 22.2 Å². The number of ether oxygens (including phenoxy) is 1. The van der Waals surface area contributed by atoms with Crippen LogP contribution in [0.15, 0.2) is 65.1 Å². The monoisotopic (exact) mass is 357 g/mol. The molecule has 0 radical (unpaired) electrons. The van der Waals surface area contributed by atoms with Gasteiger partial charge in [-0.1, -0.05) is 30.3 Å². The third kappa shape index (κ3) is 4.93. The largest absolute Gasteiger partial charge is 0.462 e. The number of rotatable bonds is 6. The molecule has 0 aromatic heterocycles. The van der Waals surface area contributed by atoms with E-state index >= 15 is 0 Å². The summed E-state index contributed by atoms with van der Waals surface area (Å²) in [4.78, 5) is 11.6. The zero-order valence-corrected chi connectivity index (χ0v) is 14.2. The second kappa shape index (κ2) is 8.13. The average molecular weight is 357 g/mol. The molecular formula is C18H15NO5S. The van der Waals surface area contributed by atoms with E-state index in [1.54, 1.807) is 31.2 Å². The van der Waals surface area contributed by atoms with Crippen LogP contribution in [0, 0.1) is 11.3 Å². The molecule has 0 N–H and O–H groups in total. The van der Waals surface area contributed by atoms with E-state index in [1.807, 2.05) is 0 Å². The molecule has 0 saturated carbocycles. The number of carbonyl (C=O) groups excluding carboxylic acids is 1. The van der Waals surface area contributed by atoms with Gasteiger partial charge in [0.2, 0.25) is 0 Å². The van der Waals surface area contributed by atoms with E-state index in [2.05, 4.69) is 0 Å². The van der Waals surface area contributed by atoms with Crippen LogP contribution in [0.25, 0.3) is 6.08 Å². The van der Waals surface area contributed by atoms with Crippen molar-refractivity contribution in [2.45, 2.75) is 11.8 Å². The van der Waals surface area contributed by atoms with E-state index in [0.29, 0.717) is 5.56 Å². The maximum absolute atomic E-state index is 12.1. The maximum Gasteiger partial charge on any atom is 0.348 e. The molecule has 0 aliphatic carbocycles. The molecule has 2 rings (SSSR count). The molecule has 0 spiro atoms. The van der Waals surface area contributed by atoms with Crippen LogP contribution < -0.4 is 4.18 Å². The lowest BCUT2D eigenvalue weighted by molar-refractivity contribution is -0.137. The fraction of sp³-hybridized carbons (Fsp3) is 0.111. The Morgan fingerprint density at radius 3 is 2.32 bits per heavy atom. The van der Waals surface area contributed by atoms with Gasteiger partial charge in [0.25, 0.3) is 0 Å². The Balaban J connectivity index is 2.18. The van der Waals surface area contributed by atoms with Crippen LogP contribution in [0.3, 0.4) is 0 Å². The highest BCUT2D eigenvalue weighted by Crippen LogP contribution is 2.20. The molecule has 0 heterocycles. The number of esters is 1. The van der Waals surface area contributed by atoms with Gasteiger partial charge in [0.1, 0.15) is 22.3 Å². The molecule has 0 amide bonds. The first kappa shape index (κ1) is 18.2. The molecule has 2 aromatic rings. The standard InChI is InChI=1S/C18H15NO5S/c1-2-23-18(20)15(13-19)12-14-8-10-16(11-9-14)24-25(21,22)17-6-4-3-5-7-17/h3-12H,2H2,1H3/b15-12+. The van der Waals surface area contributed by atoms with Gasteiger partial charge in [0.05, 0.1) is 6.61 Å². The van der Waals surface area contributed by atoms with Gasteiger partial charge in [-0.2, -0.15) is 13.7 Å². The summed E-state index contributed by atoms with van der Waals surface area (Å²) < 4.78 is 34.1. The molecule has 0 saturated heterocycles.